The van der Waals surface area contributed by atoms with Gasteiger partial charge in [0.25, 0.3) is 0 Å². The first-order valence-electron chi connectivity index (χ1n) is 13.2. The Morgan fingerprint density at radius 3 is 2.33 bits per heavy atom. The molecule has 208 valence electrons. The Morgan fingerprint density at radius 1 is 1.03 bits per heavy atom. The molecule has 1 atom stereocenters. The Bertz CT molecular complexity index is 1250. The van der Waals surface area contributed by atoms with Crippen LogP contribution in [-0.4, -0.2) is 50.3 Å². The van der Waals surface area contributed by atoms with Gasteiger partial charge in [0.1, 0.15) is 5.82 Å². The molecule has 0 aliphatic carbocycles. The highest BCUT2D eigenvalue weighted by atomic mass is 16.5. The van der Waals surface area contributed by atoms with Gasteiger partial charge in [-0.2, -0.15) is 4.98 Å². The lowest BCUT2D eigenvalue weighted by molar-refractivity contribution is -0.125. The van der Waals surface area contributed by atoms with Crippen LogP contribution in [-0.2, 0) is 16.8 Å². The third-order valence-corrected chi connectivity index (χ3v) is 6.96. The molecule has 1 aromatic heterocycles. The summed E-state index contributed by atoms with van der Waals surface area (Å²) in [6, 6.07) is 13.9. The summed E-state index contributed by atoms with van der Waals surface area (Å²) in [5.74, 6) is 2.76. The van der Waals surface area contributed by atoms with Gasteiger partial charge >= 0.3 is 0 Å². The third kappa shape index (κ3) is 6.90. The Hall–Kier alpha value is -4.01. The molecule has 39 heavy (non-hydrogen) atoms. The highest BCUT2D eigenvalue weighted by molar-refractivity contribution is 5.79. The molecule has 2 heterocycles. The van der Waals surface area contributed by atoms with Crippen molar-refractivity contribution in [3.05, 3.63) is 59.8 Å². The van der Waals surface area contributed by atoms with Crippen LogP contribution >= 0.6 is 0 Å². The molecule has 0 bridgehead atoms. The van der Waals surface area contributed by atoms with Gasteiger partial charge in [0.15, 0.2) is 11.5 Å². The molecule has 9 heteroatoms. The predicted octanol–water partition coefficient (Wildman–Crippen LogP) is 5.08. The quantitative estimate of drug-likeness (QED) is 0.393. The second-order valence-corrected chi connectivity index (χ2v) is 10.7. The minimum absolute atomic E-state index is 0.0735. The zero-order valence-electron chi connectivity index (χ0n) is 23.7. The number of benzene rings is 2. The molecule has 0 spiro atoms. The van der Waals surface area contributed by atoms with Crippen LogP contribution in [0.25, 0.3) is 0 Å². The van der Waals surface area contributed by atoms with Gasteiger partial charge < -0.3 is 29.7 Å². The van der Waals surface area contributed by atoms with Crippen molar-refractivity contribution in [3.8, 4) is 17.2 Å². The van der Waals surface area contributed by atoms with Crippen LogP contribution in [0.2, 0.25) is 0 Å². The fourth-order valence-electron chi connectivity index (χ4n) is 4.72. The zero-order valence-corrected chi connectivity index (χ0v) is 23.7. The van der Waals surface area contributed by atoms with Crippen LogP contribution in [0.3, 0.4) is 0 Å². The first-order chi connectivity index (χ1) is 18.7. The summed E-state index contributed by atoms with van der Waals surface area (Å²) in [6.45, 7) is 8.55. The van der Waals surface area contributed by atoms with Gasteiger partial charge in [-0.3, -0.25) is 4.79 Å². The van der Waals surface area contributed by atoms with E-state index in [0.29, 0.717) is 42.0 Å². The fraction of sp³-hybridized carbons (Fsp3) is 0.433. The molecule has 2 N–H and O–H groups in total. The summed E-state index contributed by atoms with van der Waals surface area (Å²) in [5, 5.41) is 6.36. The average Bonchev–Trinajstić information content (AvgIpc) is 2.95. The molecular weight excluding hydrogens is 494 g/mol. The lowest BCUT2D eigenvalue weighted by atomic mass is 9.87. The van der Waals surface area contributed by atoms with Crippen molar-refractivity contribution >= 4 is 23.4 Å². The number of rotatable bonds is 9. The first kappa shape index (κ1) is 28.0. The Balaban J connectivity index is 1.39. The molecule has 1 aliphatic heterocycles. The highest BCUT2D eigenvalue weighted by Gasteiger charge is 2.27. The van der Waals surface area contributed by atoms with Crippen molar-refractivity contribution in [1.82, 2.24) is 15.3 Å². The second-order valence-electron chi connectivity index (χ2n) is 10.7. The van der Waals surface area contributed by atoms with E-state index in [2.05, 4.69) is 65.6 Å². The number of nitrogens with zero attached hydrogens (tertiary/aromatic N) is 3. The number of methoxy groups -OCH3 is 3. The maximum Gasteiger partial charge on any atom is 0.229 e. The molecule has 1 unspecified atom stereocenters. The molecule has 9 nitrogen and oxygen atoms in total. The second kappa shape index (κ2) is 12.2. The summed E-state index contributed by atoms with van der Waals surface area (Å²) in [4.78, 5) is 24.3. The van der Waals surface area contributed by atoms with Gasteiger partial charge in [0.05, 0.1) is 27.2 Å². The summed E-state index contributed by atoms with van der Waals surface area (Å²) in [7, 11) is 4.71. The van der Waals surface area contributed by atoms with Gasteiger partial charge in [-0.05, 0) is 35.4 Å². The molecule has 1 amide bonds. The van der Waals surface area contributed by atoms with Crippen LogP contribution in [0.4, 0.5) is 17.5 Å². The Labute approximate surface area is 230 Å². The number of anilines is 3. The van der Waals surface area contributed by atoms with Gasteiger partial charge in [-0.1, -0.05) is 45.0 Å². The minimum atomic E-state index is -0.103. The number of carbonyl (C=O) groups is 1. The number of amides is 1. The normalized spacial score (nSPS) is 15.4. The van der Waals surface area contributed by atoms with Crippen molar-refractivity contribution in [3.63, 3.8) is 0 Å². The van der Waals surface area contributed by atoms with E-state index in [-0.39, 0.29) is 17.2 Å². The van der Waals surface area contributed by atoms with E-state index < -0.39 is 0 Å². The Morgan fingerprint density at radius 2 is 1.72 bits per heavy atom. The van der Waals surface area contributed by atoms with Crippen molar-refractivity contribution in [1.29, 1.82) is 0 Å². The topological polar surface area (TPSA) is 97.8 Å². The van der Waals surface area contributed by atoms with E-state index in [1.807, 2.05) is 6.07 Å². The summed E-state index contributed by atoms with van der Waals surface area (Å²) in [6.07, 6.45) is 3.48. The maximum atomic E-state index is 13.0. The van der Waals surface area contributed by atoms with Crippen molar-refractivity contribution < 1.29 is 19.0 Å². The lowest BCUT2D eigenvalue weighted by Gasteiger charge is -2.33. The molecule has 1 saturated heterocycles. The van der Waals surface area contributed by atoms with E-state index in [0.717, 1.165) is 30.8 Å². The molecule has 4 rings (SSSR count). The number of nitrogens with one attached hydrogen (secondary N) is 2. The number of piperidine rings is 1. The standard InChI is InChI=1S/C30H39N5O4/c1-30(2,3)22-11-9-20(10-12-22)18-32-28(36)21-8-7-15-35(19-21)26-13-14-31-29(34-26)33-23-16-24(37-4)27(39-6)25(17-23)38-5/h9-14,16-17,21H,7-8,15,18-19H2,1-6H3,(H,32,36)(H,31,33,34). The monoisotopic (exact) mass is 533 g/mol. The average molecular weight is 534 g/mol. The van der Waals surface area contributed by atoms with Gasteiger partial charge in [0.2, 0.25) is 17.6 Å². The van der Waals surface area contributed by atoms with E-state index in [9.17, 15) is 4.79 Å². The van der Waals surface area contributed by atoms with Gasteiger partial charge in [0, 0.05) is 43.7 Å². The number of hydrogen-bond acceptors (Lipinski definition) is 8. The number of hydrogen-bond donors (Lipinski definition) is 2. The van der Waals surface area contributed by atoms with Crippen molar-refractivity contribution in [2.45, 2.75) is 45.6 Å². The van der Waals surface area contributed by atoms with Gasteiger partial charge in [-0.15, -0.1) is 0 Å². The molecular formula is C30H39N5O4. The first-order valence-corrected chi connectivity index (χ1v) is 13.2. The fourth-order valence-corrected chi connectivity index (χ4v) is 4.72. The molecule has 0 radical (unpaired) electrons. The Kier molecular flexibility index (Phi) is 8.79. The number of ether oxygens (including phenoxy) is 3. The largest absolute Gasteiger partial charge is 0.493 e. The van der Waals surface area contributed by atoms with Crippen LogP contribution in [0, 0.1) is 5.92 Å². The SMILES string of the molecule is COc1cc(Nc2nccc(N3CCCC(C(=O)NCc4ccc(C(C)(C)C)cc4)C3)n2)cc(OC)c1OC. The van der Waals surface area contributed by atoms with E-state index >= 15 is 0 Å². The lowest BCUT2D eigenvalue weighted by Crippen LogP contribution is -2.43. The van der Waals surface area contributed by atoms with Crippen molar-refractivity contribution in [2.24, 2.45) is 5.92 Å². The van der Waals surface area contributed by atoms with Gasteiger partial charge in [-0.25, -0.2) is 4.98 Å². The van der Waals surface area contributed by atoms with Crippen LogP contribution in [0.15, 0.2) is 48.7 Å². The van der Waals surface area contributed by atoms with Crippen LogP contribution in [0.5, 0.6) is 17.2 Å². The number of aromatic nitrogens is 2. The molecule has 2 aromatic carbocycles. The minimum Gasteiger partial charge on any atom is -0.493 e. The maximum absolute atomic E-state index is 13.0. The van der Waals surface area contributed by atoms with Crippen molar-refractivity contribution in [2.75, 3.05) is 44.6 Å². The molecule has 0 saturated carbocycles. The number of carbonyl (C=O) groups excluding carboxylic acids is 1. The predicted molar refractivity (Wildman–Crippen MR) is 153 cm³/mol. The van der Waals surface area contributed by atoms with E-state index in [4.69, 9.17) is 19.2 Å². The summed E-state index contributed by atoms with van der Waals surface area (Å²) in [5.41, 5.74) is 3.19. The van der Waals surface area contributed by atoms with E-state index in [1.165, 1.54) is 5.56 Å². The smallest absolute Gasteiger partial charge is 0.229 e. The summed E-state index contributed by atoms with van der Waals surface area (Å²) >= 11 is 0. The zero-order chi connectivity index (χ0) is 28.0. The highest BCUT2D eigenvalue weighted by Crippen LogP contribution is 2.40. The third-order valence-electron chi connectivity index (χ3n) is 6.96. The molecule has 1 fully saturated rings. The molecule has 3 aromatic rings. The van der Waals surface area contributed by atoms with E-state index in [1.54, 1.807) is 39.7 Å². The molecule has 1 aliphatic rings. The van der Waals surface area contributed by atoms with Crippen LogP contribution in [0.1, 0.15) is 44.7 Å². The van der Waals surface area contributed by atoms with Crippen LogP contribution < -0.4 is 29.7 Å². The summed E-state index contributed by atoms with van der Waals surface area (Å²) < 4.78 is 16.3.